The van der Waals surface area contributed by atoms with Gasteiger partial charge in [0.25, 0.3) is 0 Å². The van der Waals surface area contributed by atoms with Gasteiger partial charge in [0.2, 0.25) is 0 Å². The number of aromatic nitrogens is 3. The number of nitrogens with zero attached hydrogens (tertiary/aromatic N) is 3. The van der Waals surface area contributed by atoms with Crippen LogP contribution in [-0.2, 0) is 7.05 Å². The molecule has 2 rings (SSSR count). The largest absolute Gasteiger partial charge is 0.321 e. The van der Waals surface area contributed by atoms with Crippen molar-refractivity contribution in [2.24, 2.45) is 18.7 Å². The number of nitrogens with two attached hydrogens (primary N) is 1. The third-order valence-electron chi connectivity index (χ3n) is 2.40. The van der Waals surface area contributed by atoms with Crippen molar-refractivity contribution in [1.82, 2.24) is 15.0 Å². The fourth-order valence-electron chi connectivity index (χ4n) is 1.35. The standard InChI is InChI=1S/C8H12N4O/c1-12-6(4-10-11-12)8(13)7(9)5-2-3-5/h4-5,7H,2-3,9H2,1H3. The van der Waals surface area contributed by atoms with Crippen LogP contribution >= 0.6 is 0 Å². The normalized spacial score (nSPS) is 18.6. The van der Waals surface area contributed by atoms with E-state index in [1.54, 1.807) is 7.05 Å². The molecule has 1 fully saturated rings. The molecule has 0 aliphatic heterocycles. The number of hydrogen-bond acceptors (Lipinski definition) is 4. The highest BCUT2D eigenvalue weighted by molar-refractivity contribution is 5.98. The number of aryl methyl sites for hydroxylation is 1. The van der Waals surface area contributed by atoms with Crippen LogP contribution < -0.4 is 5.73 Å². The van der Waals surface area contributed by atoms with Gasteiger partial charge in [-0.1, -0.05) is 5.21 Å². The Hall–Kier alpha value is -1.23. The molecule has 1 aliphatic rings. The lowest BCUT2D eigenvalue weighted by molar-refractivity contribution is 0.0942. The zero-order valence-corrected chi connectivity index (χ0v) is 7.47. The lowest BCUT2D eigenvalue weighted by Crippen LogP contribution is -2.33. The highest BCUT2D eigenvalue weighted by Gasteiger charge is 2.34. The smallest absolute Gasteiger partial charge is 0.199 e. The molecule has 0 bridgehead atoms. The predicted octanol–water partition coefficient (Wildman–Crippen LogP) is -0.265. The van der Waals surface area contributed by atoms with E-state index in [1.165, 1.54) is 10.9 Å². The van der Waals surface area contributed by atoms with Gasteiger partial charge >= 0.3 is 0 Å². The van der Waals surface area contributed by atoms with E-state index in [0.29, 0.717) is 11.6 Å². The summed E-state index contributed by atoms with van der Waals surface area (Å²) in [6.07, 6.45) is 3.60. The first-order valence-electron chi connectivity index (χ1n) is 4.34. The Balaban J connectivity index is 2.16. The van der Waals surface area contributed by atoms with E-state index in [1.807, 2.05) is 0 Å². The van der Waals surface area contributed by atoms with Gasteiger partial charge in [0, 0.05) is 7.05 Å². The van der Waals surface area contributed by atoms with Crippen LogP contribution in [0.5, 0.6) is 0 Å². The Bertz CT molecular complexity index is 329. The molecule has 1 aliphatic carbocycles. The molecule has 1 atom stereocenters. The van der Waals surface area contributed by atoms with Crippen molar-refractivity contribution in [3.8, 4) is 0 Å². The summed E-state index contributed by atoms with van der Waals surface area (Å²) in [6, 6.07) is -0.364. The van der Waals surface area contributed by atoms with Gasteiger partial charge in [-0.3, -0.25) is 4.79 Å². The first kappa shape index (κ1) is 8.37. The molecule has 2 N–H and O–H groups in total. The fraction of sp³-hybridized carbons (Fsp3) is 0.625. The third-order valence-corrected chi connectivity index (χ3v) is 2.40. The molecule has 1 aromatic rings. The van der Waals surface area contributed by atoms with E-state index in [0.717, 1.165) is 12.8 Å². The molecular weight excluding hydrogens is 168 g/mol. The van der Waals surface area contributed by atoms with Crippen molar-refractivity contribution in [2.75, 3.05) is 0 Å². The number of hydrogen-bond donors (Lipinski definition) is 1. The first-order valence-corrected chi connectivity index (χ1v) is 4.34. The van der Waals surface area contributed by atoms with Crippen LogP contribution in [0.4, 0.5) is 0 Å². The number of Topliss-reactive ketones (excluding diaryl/α,β-unsaturated/α-hetero) is 1. The van der Waals surface area contributed by atoms with E-state index < -0.39 is 0 Å². The van der Waals surface area contributed by atoms with E-state index in [9.17, 15) is 4.79 Å². The van der Waals surface area contributed by atoms with Crippen molar-refractivity contribution in [3.63, 3.8) is 0 Å². The summed E-state index contributed by atoms with van der Waals surface area (Å²) in [5.74, 6) is 0.331. The minimum absolute atomic E-state index is 0.0463. The molecule has 70 valence electrons. The molecule has 0 amide bonds. The van der Waals surface area contributed by atoms with Crippen LogP contribution in [-0.4, -0.2) is 26.8 Å². The summed E-state index contributed by atoms with van der Waals surface area (Å²) >= 11 is 0. The van der Waals surface area contributed by atoms with E-state index >= 15 is 0 Å². The quantitative estimate of drug-likeness (QED) is 0.650. The summed E-state index contributed by atoms with van der Waals surface area (Å²) in [5.41, 5.74) is 6.26. The lowest BCUT2D eigenvalue weighted by Gasteiger charge is -2.07. The summed E-state index contributed by atoms with van der Waals surface area (Å²) in [6.45, 7) is 0. The Labute approximate surface area is 75.9 Å². The molecule has 1 aromatic heterocycles. The highest BCUT2D eigenvalue weighted by Crippen LogP contribution is 2.32. The second-order valence-electron chi connectivity index (χ2n) is 3.47. The predicted molar refractivity (Wildman–Crippen MR) is 46.0 cm³/mol. The van der Waals surface area contributed by atoms with Crippen molar-refractivity contribution in [2.45, 2.75) is 18.9 Å². The summed E-state index contributed by atoms with van der Waals surface area (Å²) in [5, 5.41) is 7.33. The average Bonchev–Trinajstić information content (AvgIpc) is 2.87. The average molecular weight is 180 g/mol. The maximum absolute atomic E-state index is 11.7. The second kappa shape index (κ2) is 2.92. The Morgan fingerprint density at radius 3 is 2.92 bits per heavy atom. The van der Waals surface area contributed by atoms with Crippen molar-refractivity contribution < 1.29 is 4.79 Å². The van der Waals surface area contributed by atoms with Crippen LogP contribution in [0.15, 0.2) is 6.20 Å². The summed E-state index contributed by atoms with van der Waals surface area (Å²) in [7, 11) is 1.69. The van der Waals surface area contributed by atoms with Crippen molar-refractivity contribution >= 4 is 5.78 Å². The monoisotopic (exact) mass is 180 g/mol. The van der Waals surface area contributed by atoms with Crippen LogP contribution in [0.25, 0.3) is 0 Å². The molecule has 5 heteroatoms. The van der Waals surface area contributed by atoms with Gasteiger partial charge in [0.15, 0.2) is 5.78 Å². The Morgan fingerprint density at radius 2 is 2.46 bits per heavy atom. The molecule has 0 saturated heterocycles. The SMILES string of the molecule is Cn1nncc1C(=O)C(N)C1CC1. The van der Waals surface area contributed by atoms with E-state index in [2.05, 4.69) is 10.3 Å². The zero-order chi connectivity index (χ0) is 9.42. The molecule has 13 heavy (non-hydrogen) atoms. The minimum Gasteiger partial charge on any atom is -0.321 e. The Morgan fingerprint density at radius 1 is 1.77 bits per heavy atom. The molecular formula is C8H12N4O. The molecule has 0 aromatic carbocycles. The van der Waals surface area contributed by atoms with Crippen LogP contribution in [0.1, 0.15) is 23.3 Å². The maximum Gasteiger partial charge on any atom is 0.199 e. The molecule has 1 saturated carbocycles. The van der Waals surface area contributed by atoms with Crippen LogP contribution in [0, 0.1) is 5.92 Å². The number of carbonyl (C=O) groups excluding carboxylic acids is 1. The molecule has 0 radical (unpaired) electrons. The van der Waals surface area contributed by atoms with Gasteiger partial charge < -0.3 is 5.73 Å². The van der Waals surface area contributed by atoms with Crippen molar-refractivity contribution in [1.29, 1.82) is 0 Å². The number of carbonyl (C=O) groups is 1. The van der Waals surface area contributed by atoms with Gasteiger partial charge in [-0.2, -0.15) is 0 Å². The number of rotatable bonds is 3. The second-order valence-corrected chi connectivity index (χ2v) is 3.47. The molecule has 1 unspecified atom stereocenters. The molecule has 1 heterocycles. The van der Waals surface area contributed by atoms with Gasteiger partial charge in [-0.25, -0.2) is 4.68 Å². The van der Waals surface area contributed by atoms with Gasteiger partial charge in [0.05, 0.1) is 12.2 Å². The molecule has 0 spiro atoms. The molecule has 5 nitrogen and oxygen atoms in total. The van der Waals surface area contributed by atoms with Gasteiger partial charge in [-0.15, -0.1) is 5.10 Å². The van der Waals surface area contributed by atoms with Crippen molar-refractivity contribution in [3.05, 3.63) is 11.9 Å². The van der Waals surface area contributed by atoms with E-state index in [-0.39, 0.29) is 11.8 Å². The third kappa shape index (κ3) is 1.47. The lowest BCUT2D eigenvalue weighted by atomic mass is 10.1. The highest BCUT2D eigenvalue weighted by atomic mass is 16.1. The minimum atomic E-state index is -0.364. The fourth-order valence-corrected chi connectivity index (χ4v) is 1.35. The van der Waals surface area contributed by atoms with Crippen LogP contribution in [0.3, 0.4) is 0 Å². The van der Waals surface area contributed by atoms with Gasteiger partial charge in [0.1, 0.15) is 5.69 Å². The Kier molecular flexibility index (Phi) is 1.88. The zero-order valence-electron chi connectivity index (χ0n) is 7.47. The van der Waals surface area contributed by atoms with Crippen LogP contribution in [0.2, 0.25) is 0 Å². The topological polar surface area (TPSA) is 73.8 Å². The first-order chi connectivity index (χ1) is 6.20. The van der Waals surface area contributed by atoms with E-state index in [4.69, 9.17) is 5.73 Å². The summed E-state index contributed by atoms with van der Waals surface area (Å²) in [4.78, 5) is 11.7. The number of ketones is 1. The van der Waals surface area contributed by atoms with Gasteiger partial charge in [-0.05, 0) is 18.8 Å². The maximum atomic E-state index is 11.7. The summed E-state index contributed by atoms with van der Waals surface area (Å²) < 4.78 is 1.46.